The molecule has 0 spiro atoms. The molecule has 37 heavy (non-hydrogen) atoms. The first-order valence-electron chi connectivity index (χ1n) is 12.8. The minimum atomic E-state index is -0.172. The smallest absolute Gasteiger partial charge is 0.216 e. The van der Waals surface area contributed by atoms with Gasteiger partial charge < -0.3 is 9.15 Å². The fraction of sp³-hybridized carbons (Fsp3) is 0.147. The van der Waals surface area contributed by atoms with Crippen LogP contribution in [0.1, 0.15) is 30.5 Å². The predicted molar refractivity (Wildman–Crippen MR) is 149 cm³/mol. The van der Waals surface area contributed by atoms with Gasteiger partial charge in [0.2, 0.25) is 5.69 Å². The van der Waals surface area contributed by atoms with Crippen molar-refractivity contribution in [3.8, 4) is 33.9 Å². The number of aromatic nitrogens is 1. The van der Waals surface area contributed by atoms with E-state index < -0.39 is 0 Å². The van der Waals surface area contributed by atoms with Crippen LogP contribution in [0.25, 0.3) is 44.3 Å². The molecule has 0 saturated carbocycles. The van der Waals surface area contributed by atoms with Crippen molar-refractivity contribution in [2.24, 2.45) is 7.05 Å². The number of furan rings is 1. The van der Waals surface area contributed by atoms with Crippen molar-refractivity contribution >= 4 is 21.9 Å². The highest BCUT2D eigenvalue weighted by Crippen LogP contribution is 2.49. The molecule has 0 atom stereocenters. The van der Waals surface area contributed by atoms with Crippen LogP contribution in [-0.4, -0.2) is 0 Å². The maximum atomic E-state index is 6.77. The number of para-hydroxylation sites is 2. The van der Waals surface area contributed by atoms with E-state index in [2.05, 4.69) is 124 Å². The zero-order chi connectivity index (χ0) is 25.3. The summed E-state index contributed by atoms with van der Waals surface area (Å²) >= 11 is 0. The summed E-state index contributed by atoms with van der Waals surface area (Å²) in [7, 11) is 2.08. The van der Waals surface area contributed by atoms with Crippen LogP contribution in [0.4, 0.5) is 0 Å². The standard InChI is InChI=1S/C34H28NO2/c1-21-15-17-25-24-11-9-10-23(32(24)37-33(25)31(21)28-13-7-8-19-35(28)4)22-16-18-30-27(20-22)34(2,3)26-12-5-6-14-29(26)36-30/h5-20H,1-4H3/q+1. The van der Waals surface area contributed by atoms with E-state index in [1.807, 2.05) is 6.07 Å². The van der Waals surface area contributed by atoms with Crippen molar-refractivity contribution < 1.29 is 13.7 Å². The van der Waals surface area contributed by atoms with Crippen LogP contribution in [0.3, 0.4) is 0 Å². The fourth-order valence-corrected chi connectivity index (χ4v) is 5.90. The van der Waals surface area contributed by atoms with Gasteiger partial charge in [-0.15, -0.1) is 0 Å². The van der Waals surface area contributed by atoms with Gasteiger partial charge >= 0.3 is 0 Å². The van der Waals surface area contributed by atoms with Crippen LogP contribution in [0.2, 0.25) is 0 Å². The van der Waals surface area contributed by atoms with Crippen molar-refractivity contribution in [2.75, 3.05) is 0 Å². The van der Waals surface area contributed by atoms with Crippen LogP contribution in [-0.2, 0) is 12.5 Å². The molecule has 0 bridgehead atoms. The molecule has 3 heteroatoms. The molecule has 0 aliphatic carbocycles. The second-order valence-electron chi connectivity index (χ2n) is 10.5. The summed E-state index contributed by atoms with van der Waals surface area (Å²) in [6.07, 6.45) is 2.08. The molecule has 2 aromatic heterocycles. The Balaban J connectivity index is 1.45. The molecule has 1 aliphatic rings. The molecule has 3 heterocycles. The molecule has 7 rings (SSSR count). The number of pyridine rings is 1. The van der Waals surface area contributed by atoms with Gasteiger partial charge in [0.05, 0.1) is 5.56 Å². The summed E-state index contributed by atoms with van der Waals surface area (Å²) in [5.74, 6) is 1.85. The van der Waals surface area contributed by atoms with Gasteiger partial charge in [-0.1, -0.05) is 68.4 Å². The maximum Gasteiger partial charge on any atom is 0.216 e. The fourth-order valence-electron chi connectivity index (χ4n) is 5.90. The number of nitrogens with zero attached hydrogens (tertiary/aromatic N) is 1. The summed E-state index contributed by atoms with van der Waals surface area (Å²) in [6.45, 7) is 6.70. The number of hydrogen-bond acceptors (Lipinski definition) is 2. The molecule has 4 aromatic carbocycles. The first-order chi connectivity index (χ1) is 17.9. The Morgan fingerprint density at radius 1 is 0.703 bits per heavy atom. The largest absolute Gasteiger partial charge is 0.457 e. The summed E-state index contributed by atoms with van der Waals surface area (Å²) in [4.78, 5) is 0. The van der Waals surface area contributed by atoms with E-state index in [0.717, 1.165) is 55.8 Å². The van der Waals surface area contributed by atoms with E-state index >= 15 is 0 Å². The van der Waals surface area contributed by atoms with Gasteiger partial charge in [-0.2, -0.15) is 0 Å². The molecule has 0 saturated heterocycles. The molecule has 0 radical (unpaired) electrons. The SMILES string of the molecule is Cc1ccc2c(oc3c(-c4ccc5c(c4)C(C)(C)c4ccccc4O5)cccc32)c1-c1cccc[n+]1C. The van der Waals surface area contributed by atoms with Gasteiger partial charge in [0.1, 0.15) is 29.7 Å². The highest BCUT2D eigenvalue weighted by Gasteiger charge is 2.34. The molecule has 0 amide bonds. The number of benzene rings is 4. The molecule has 0 N–H and O–H groups in total. The quantitative estimate of drug-likeness (QED) is 0.231. The van der Waals surface area contributed by atoms with Crippen LogP contribution in [0.5, 0.6) is 11.5 Å². The molecule has 0 fully saturated rings. The van der Waals surface area contributed by atoms with Gasteiger partial charge in [-0.3, -0.25) is 0 Å². The van der Waals surface area contributed by atoms with Crippen molar-refractivity contribution in [2.45, 2.75) is 26.2 Å². The highest BCUT2D eigenvalue weighted by molar-refractivity contribution is 6.13. The Kier molecular flexibility index (Phi) is 4.62. The van der Waals surface area contributed by atoms with Gasteiger partial charge in [-0.05, 0) is 42.3 Å². The predicted octanol–water partition coefficient (Wildman–Crippen LogP) is 8.48. The molecular weight excluding hydrogens is 454 g/mol. The number of aryl methyl sites for hydroxylation is 2. The zero-order valence-electron chi connectivity index (χ0n) is 21.5. The highest BCUT2D eigenvalue weighted by atomic mass is 16.5. The van der Waals surface area contributed by atoms with Crippen molar-refractivity contribution in [1.29, 1.82) is 0 Å². The maximum absolute atomic E-state index is 6.77. The first kappa shape index (κ1) is 21.9. The van der Waals surface area contributed by atoms with Crippen molar-refractivity contribution in [1.82, 2.24) is 0 Å². The second kappa shape index (κ2) is 7.81. The topological polar surface area (TPSA) is 26.2 Å². The van der Waals surface area contributed by atoms with E-state index in [0.29, 0.717) is 0 Å². The van der Waals surface area contributed by atoms with E-state index in [1.165, 1.54) is 16.7 Å². The van der Waals surface area contributed by atoms with Gasteiger partial charge in [0.15, 0.2) is 6.20 Å². The lowest BCUT2D eigenvalue weighted by molar-refractivity contribution is -0.660. The van der Waals surface area contributed by atoms with Gasteiger partial charge in [0, 0.05) is 45.0 Å². The van der Waals surface area contributed by atoms with Crippen LogP contribution in [0.15, 0.2) is 102 Å². The zero-order valence-corrected chi connectivity index (χ0v) is 21.5. The third-order valence-electron chi connectivity index (χ3n) is 7.93. The number of ether oxygens (including phenoxy) is 1. The summed E-state index contributed by atoms with van der Waals surface area (Å²) in [5, 5.41) is 2.27. The lowest BCUT2D eigenvalue weighted by atomic mass is 9.75. The Morgan fingerprint density at radius 2 is 1.49 bits per heavy atom. The molecule has 180 valence electrons. The third-order valence-corrected chi connectivity index (χ3v) is 7.93. The summed E-state index contributed by atoms with van der Waals surface area (Å²) in [6, 6.07) is 32.0. The average Bonchev–Trinajstić information content (AvgIpc) is 3.28. The number of fused-ring (bicyclic) bond motifs is 5. The first-order valence-corrected chi connectivity index (χ1v) is 12.8. The molecule has 6 aromatic rings. The van der Waals surface area contributed by atoms with E-state index in [1.54, 1.807) is 0 Å². The van der Waals surface area contributed by atoms with Gasteiger partial charge in [0.25, 0.3) is 0 Å². The lowest BCUT2D eigenvalue weighted by Gasteiger charge is -2.34. The summed E-state index contributed by atoms with van der Waals surface area (Å²) in [5.41, 5.74) is 9.75. The molecular formula is C34H28NO2+. The van der Waals surface area contributed by atoms with Crippen LogP contribution in [0, 0.1) is 6.92 Å². The molecule has 3 nitrogen and oxygen atoms in total. The molecule has 1 aliphatic heterocycles. The number of rotatable bonds is 2. The van der Waals surface area contributed by atoms with Crippen molar-refractivity contribution in [3.63, 3.8) is 0 Å². The minimum Gasteiger partial charge on any atom is -0.457 e. The van der Waals surface area contributed by atoms with Crippen LogP contribution >= 0.6 is 0 Å². The Bertz CT molecular complexity index is 1860. The van der Waals surface area contributed by atoms with E-state index in [4.69, 9.17) is 9.15 Å². The third kappa shape index (κ3) is 3.17. The van der Waals surface area contributed by atoms with Gasteiger partial charge in [-0.25, -0.2) is 4.57 Å². The van der Waals surface area contributed by atoms with Crippen LogP contribution < -0.4 is 9.30 Å². The lowest BCUT2D eigenvalue weighted by Crippen LogP contribution is -2.30. The Morgan fingerprint density at radius 3 is 2.35 bits per heavy atom. The summed E-state index contributed by atoms with van der Waals surface area (Å²) < 4.78 is 15.2. The van der Waals surface area contributed by atoms with Crippen molar-refractivity contribution in [3.05, 3.63) is 114 Å². The van der Waals surface area contributed by atoms with E-state index in [-0.39, 0.29) is 5.41 Å². The normalized spacial score (nSPS) is 13.8. The second-order valence-corrected chi connectivity index (χ2v) is 10.5. The monoisotopic (exact) mass is 482 g/mol. The minimum absolute atomic E-state index is 0.172. The Labute approximate surface area is 216 Å². The number of hydrogen-bond donors (Lipinski definition) is 0. The molecule has 0 unspecified atom stereocenters. The Hall–Kier alpha value is -4.37. The average molecular weight is 483 g/mol. The van der Waals surface area contributed by atoms with E-state index in [9.17, 15) is 0 Å².